The molecule has 0 nitrogen and oxygen atoms in total. The van der Waals surface area contributed by atoms with Crippen LogP contribution in [-0.4, -0.2) is 0 Å². The third-order valence-electron chi connectivity index (χ3n) is 3.12. The van der Waals surface area contributed by atoms with E-state index in [1.165, 1.54) is 20.2 Å². The third kappa shape index (κ3) is 1.36. The van der Waals surface area contributed by atoms with Gasteiger partial charge in [-0.25, -0.2) is 0 Å². The van der Waals surface area contributed by atoms with Gasteiger partial charge in [-0.15, -0.1) is 11.3 Å². The summed E-state index contributed by atoms with van der Waals surface area (Å²) in [6.45, 7) is 10.6. The van der Waals surface area contributed by atoms with Gasteiger partial charge >= 0.3 is 0 Å². The molecule has 2 atom stereocenters. The SMILES string of the molecule is C=Cc1sc2c(c1C)=CC(C)C(C)C=2. The van der Waals surface area contributed by atoms with Gasteiger partial charge in [0.05, 0.1) is 0 Å². The van der Waals surface area contributed by atoms with Crippen molar-refractivity contribution in [3.63, 3.8) is 0 Å². The Morgan fingerprint density at radius 3 is 2.57 bits per heavy atom. The van der Waals surface area contributed by atoms with Crippen LogP contribution in [0, 0.1) is 18.8 Å². The van der Waals surface area contributed by atoms with Crippen LogP contribution in [0.2, 0.25) is 0 Å². The highest BCUT2D eigenvalue weighted by Gasteiger charge is 2.13. The van der Waals surface area contributed by atoms with E-state index in [2.05, 4.69) is 39.5 Å². The zero-order chi connectivity index (χ0) is 10.3. The van der Waals surface area contributed by atoms with Crippen molar-refractivity contribution in [2.75, 3.05) is 0 Å². The maximum absolute atomic E-state index is 3.86. The fourth-order valence-corrected chi connectivity index (χ4v) is 3.10. The van der Waals surface area contributed by atoms with E-state index in [0.717, 1.165) is 0 Å². The molecule has 1 heterocycles. The van der Waals surface area contributed by atoms with Crippen molar-refractivity contribution in [3.8, 4) is 0 Å². The maximum atomic E-state index is 3.86. The van der Waals surface area contributed by atoms with Gasteiger partial charge in [-0.3, -0.25) is 0 Å². The summed E-state index contributed by atoms with van der Waals surface area (Å²) in [7, 11) is 0. The van der Waals surface area contributed by atoms with Crippen molar-refractivity contribution < 1.29 is 0 Å². The summed E-state index contributed by atoms with van der Waals surface area (Å²) in [6.07, 6.45) is 6.76. The Kier molecular flexibility index (Phi) is 2.36. The fourth-order valence-electron chi connectivity index (χ4n) is 1.90. The molecule has 1 aliphatic carbocycles. The van der Waals surface area contributed by atoms with Crippen molar-refractivity contribution in [1.29, 1.82) is 0 Å². The molecule has 0 saturated carbocycles. The minimum absolute atomic E-state index is 0.661. The van der Waals surface area contributed by atoms with Crippen LogP contribution in [0.5, 0.6) is 0 Å². The molecular formula is C13H16S. The molecule has 0 radical (unpaired) electrons. The van der Waals surface area contributed by atoms with Crippen LogP contribution in [0.1, 0.15) is 24.3 Å². The van der Waals surface area contributed by atoms with E-state index in [-0.39, 0.29) is 0 Å². The van der Waals surface area contributed by atoms with Crippen LogP contribution in [-0.2, 0) is 0 Å². The van der Waals surface area contributed by atoms with Crippen molar-refractivity contribution in [2.24, 2.45) is 11.8 Å². The molecule has 0 saturated heterocycles. The monoisotopic (exact) mass is 204 g/mol. The number of thiophene rings is 1. The first-order chi connectivity index (χ1) is 6.63. The van der Waals surface area contributed by atoms with Crippen LogP contribution >= 0.6 is 11.3 Å². The van der Waals surface area contributed by atoms with Gasteiger partial charge in [-0.2, -0.15) is 0 Å². The first-order valence-electron chi connectivity index (χ1n) is 5.09. The second-order valence-electron chi connectivity index (χ2n) is 4.12. The first-order valence-corrected chi connectivity index (χ1v) is 5.90. The van der Waals surface area contributed by atoms with E-state index < -0.39 is 0 Å². The van der Waals surface area contributed by atoms with Gasteiger partial charge in [0.2, 0.25) is 0 Å². The van der Waals surface area contributed by atoms with Crippen LogP contribution in [0.3, 0.4) is 0 Å². The van der Waals surface area contributed by atoms with Gasteiger partial charge < -0.3 is 0 Å². The summed E-state index contributed by atoms with van der Waals surface area (Å²) in [5, 5.41) is 1.44. The molecule has 0 spiro atoms. The highest BCUT2D eigenvalue weighted by Crippen LogP contribution is 2.18. The quantitative estimate of drug-likeness (QED) is 0.659. The molecule has 74 valence electrons. The fraction of sp³-hybridized carbons (Fsp3) is 0.385. The third-order valence-corrected chi connectivity index (χ3v) is 4.39. The van der Waals surface area contributed by atoms with Crippen LogP contribution in [0.25, 0.3) is 18.2 Å². The standard InChI is InChI=1S/C13H16S/c1-5-12-10(4)11-6-8(2)9(3)7-13(11)14-12/h5-9H,1H2,2-4H3. The molecule has 14 heavy (non-hydrogen) atoms. The Balaban J connectivity index is 2.77. The first kappa shape index (κ1) is 9.72. The molecule has 0 amide bonds. The van der Waals surface area contributed by atoms with E-state index in [9.17, 15) is 0 Å². The number of hydrogen-bond acceptors (Lipinski definition) is 1. The zero-order valence-electron chi connectivity index (χ0n) is 9.00. The molecule has 1 heteroatoms. The summed E-state index contributed by atoms with van der Waals surface area (Å²) in [5.74, 6) is 1.33. The summed E-state index contributed by atoms with van der Waals surface area (Å²) in [6, 6.07) is 0. The number of rotatable bonds is 1. The van der Waals surface area contributed by atoms with E-state index in [1.54, 1.807) is 0 Å². The van der Waals surface area contributed by atoms with Gasteiger partial charge in [0.25, 0.3) is 0 Å². The predicted octanol–water partition coefficient (Wildman–Crippen LogP) is 2.55. The average molecular weight is 204 g/mol. The van der Waals surface area contributed by atoms with Crippen LogP contribution in [0.4, 0.5) is 0 Å². The molecular weight excluding hydrogens is 188 g/mol. The highest BCUT2D eigenvalue weighted by atomic mass is 32.1. The Morgan fingerprint density at radius 1 is 1.29 bits per heavy atom. The zero-order valence-corrected chi connectivity index (χ0v) is 9.82. The van der Waals surface area contributed by atoms with Crippen LogP contribution < -0.4 is 9.75 Å². The average Bonchev–Trinajstić information content (AvgIpc) is 2.45. The molecule has 1 aromatic heterocycles. The van der Waals surface area contributed by atoms with Gasteiger partial charge in [0.1, 0.15) is 0 Å². The minimum atomic E-state index is 0.661. The minimum Gasteiger partial charge on any atom is -0.136 e. The summed E-state index contributed by atoms with van der Waals surface area (Å²) in [5.41, 5.74) is 1.40. The summed E-state index contributed by atoms with van der Waals surface area (Å²) >= 11 is 1.86. The second kappa shape index (κ2) is 3.39. The summed E-state index contributed by atoms with van der Waals surface area (Å²) in [4.78, 5) is 1.32. The number of fused-ring (bicyclic) bond motifs is 1. The lowest BCUT2D eigenvalue weighted by atomic mass is 9.91. The Hall–Kier alpha value is -0.820. The van der Waals surface area contributed by atoms with Crippen LogP contribution in [0.15, 0.2) is 6.58 Å². The van der Waals surface area contributed by atoms with Gasteiger partial charge in [0, 0.05) is 9.41 Å². The van der Waals surface area contributed by atoms with E-state index in [0.29, 0.717) is 11.8 Å². The predicted molar refractivity (Wildman–Crippen MR) is 65.7 cm³/mol. The number of hydrogen-bond donors (Lipinski definition) is 0. The Labute approximate surface area is 89.3 Å². The van der Waals surface area contributed by atoms with Gasteiger partial charge in [0.15, 0.2) is 0 Å². The Bertz CT molecular complexity index is 476. The molecule has 0 fully saturated rings. The van der Waals surface area contributed by atoms with Crippen molar-refractivity contribution in [1.82, 2.24) is 0 Å². The van der Waals surface area contributed by atoms with E-state index in [4.69, 9.17) is 0 Å². The Morgan fingerprint density at radius 2 is 1.93 bits per heavy atom. The lowest BCUT2D eigenvalue weighted by Crippen LogP contribution is -2.28. The molecule has 0 bridgehead atoms. The maximum Gasteiger partial charge on any atom is 0.0311 e. The normalized spacial score (nSPS) is 24.8. The second-order valence-corrected chi connectivity index (χ2v) is 5.21. The van der Waals surface area contributed by atoms with E-state index >= 15 is 0 Å². The molecule has 1 aliphatic rings. The molecule has 2 rings (SSSR count). The van der Waals surface area contributed by atoms with E-state index in [1.807, 2.05) is 17.4 Å². The molecule has 0 aliphatic heterocycles. The highest BCUT2D eigenvalue weighted by molar-refractivity contribution is 7.11. The lowest BCUT2D eigenvalue weighted by Gasteiger charge is -2.14. The smallest absolute Gasteiger partial charge is 0.0311 e. The topological polar surface area (TPSA) is 0 Å². The van der Waals surface area contributed by atoms with Crippen molar-refractivity contribution in [3.05, 3.63) is 26.8 Å². The molecule has 1 aromatic rings. The largest absolute Gasteiger partial charge is 0.136 e. The molecule has 0 aromatic carbocycles. The van der Waals surface area contributed by atoms with Gasteiger partial charge in [-0.05, 0) is 29.5 Å². The van der Waals surface area contributed by atoms with Crippen molar-refractivity contribution >= 4 is 29.6 Å². The lowest BCUT2D eigenvalue weighted by molar-refractivity contribution is 0.609. The molecule has 0 N–H and O–H groups in total. The molecule has 2 unspecified atom stereocenters. The summed E-state index contributed by atoms with van der Waals surface area (Å²) < 4.78 is 1.43. The van der Waals surface area contributed by atoms with Crippen molar-refractivity contribution in [2.45, 2.75) is 20.8 Å². The van der Waals surface area contributed by atoms with Gasteiger partial charge in [-0.1, -0.05) is 38.7 Å².